The summed E-state index contributed by atoms with van der Waals surface area (Å²) in [5.41, 5.74) is 0.888. The Balaban J connectivity index is 1.39. The maximum absolute atomic E-state index is 12.8. The first-order valence-corrected chi connectivity index (χ1v) is 10.2. The van der Waals surface area contributed by atoms with Gasteiger partial charge in [0.25, 0.3) is 0 Å². The van der Waals surface area contributed by atoms with Gasteiger partial charge in [0, 0.05) is 24.6 Å². The van der Waals surface area contributed by atoms with E-state index in [1.54, 1.807) is 0 Å². The van der Waals surface area contributed by atoms with Gasteiger partial charge in [-0.05, 0) is 31.6 Å². The zero-order valence-electron chi connectivity index (χ0n) is 15.8. The topological polar surface area (TPSA) is 68.9 Å². The molecule has 144 valence electrons. The second kappa shape index (κ2) is 8.11. The third-order valence-electron chi connectivity index (χ3n) is 5.66. The third kappa shape index (κ3) is 4.31. The van der Waals surface area contributed by atoms with Crippen molar-refractivity contribution in [1.82, 2.24) is 19.7 Å². The standard InChI is InChI=1S/C21H28N4O2/c26-19(15-16-7-3-1-4-8-16)22-13-14-24-21(27)25(18-11-12-18)20(23-24)17-9-5-2-6-10-17/h2,5-6,9-10,16,18H,1,3-4,7-8,11-15H2,(H,22,26). The van der Waals surface area contributed by atoms with E-state index in [2.05, 4.69) is 10.4 Å². The number of rotatable bonds is 7. The number of carbonyl (C=O) groups excluding carboxylic acids is 1. The van der Waals surface area contributed by atoms with Crippen LogP contribution in [0.3, 0.4) is 0 Å². The zero-order chi connectivity index (χ0) is 18.6. The molecular formula is C21H28N4O2. The van der Waals surface area contributed by atoms with Crippen LogP contribution in [0.1, 0.15) is 57.4 Å². The molecule has 0 atom stereocenters. The molecule has 27 heavy (non-hydrogen) atoms. The fraction of sp³-hybridized carbons (Fsp3) is 0.571. The van der Waals surface area contributed by atoms with Gasteiger partial charge in [0.05, 0.1) is 6.54 Å². The minimum Gasteiger partial charge on any atom is -0.354 e. The second-order valence-electron chi connectivity index (χ2n) is 7.85. The van der Waals surface area contributed by atoms with Crippen molar-refractivity contribution in [2.24, 2.45) is 5.92 Å². The normalized spacial score (nSPS) is 17.8. The predicted molar refractivity (Wildman–Crippen MR) is 104 cm³/mol. The summed E-state index contributed by atoms with van der Waals surface area (Å²) in [5.74, 6) is 1.36. The number of aromatic nitrogens is 3. The maximum atomic E-state index is 12.8. The predicted octanol–water partition coefficient (Wildman–Crippen LogP) is 3.13. The van der Waals surface area contributed by atoms with Crippen LogP contribution in [0.5, 0.6) is 0 Å². The van der Waals surface area contributed by atoms with Crippen LogP contribution in [0.25, 0.3) is 11.4 Å². The molecule has 2 fully saturated rings. The third-order valence-corrected chi connectivity index (χ3v) is 5.66. The van der Waals surface area contributed by atoms with Crippen LogP contribution in [-0.4, -0.2) is 26.8 Å². The van der Waals surface area contributed by atoms with Crippen molar-refractivity contribution in [2.75, 3.05) is 6.54 Å². The van der Waals surface area contributed by atoms with Gasteiger partial charge in [-0.3, -0.25) is 9.36 Å². The number of nitrogens with zero attached hydrogens (tertiary/aromatic N) is 3. The van der Waals surface area contributed by atoms with E-state index >= 15 is 0 Å². The minimum absolute atomic E-state index is 0.0714. The van der Waals surface area contributed by atoms with Gasteiger partial charge in [-0.25, -0.2) is 9.48 Å². The molecule has 0 spiro atoms. The lowest BCUT2D eigenvalue weighted by Crippen LogP contribution is -2.33. The van der Waals surface area contributed by atoms with Crippen molar-refractivity contribution in [1.29, 1.82) is 0 Å². The number of hydrogen-bond acceptors (Lipinski definition) is 3. The number of nitrogens with one attached hydrogen (secondary N) is 1. The number of benzene rings is 1. The highest BCUT2D eigenvalue weighted by Gasteiger charge is 2.30. The lowest BCUT2D eigenvalue weighted by atomic mass is 9.87. The fourth-order valence-electron chi connectivity index (χ4n) is 4.04. The Morgan fingerprint density at radius 1 is 1.07 bits per heavy atom. The van der Waals surface area contributed by atoms with E-state index in [1.807, 2.05) is 34.9 Å². The number of amides is 1. The molecule has 0 radical (unpaired) electrons. The quantitative estimate of drug-likeness (QED) is 0.816. The Bertz CT molecular complexity index is 830. The Morgan fingerprint density at radius 2 is 1.81 bits per heavy atom. The molecule has 1 N–H and O–H groups in total. The summed E-state index contributed by atoms with van der Waals surface area (Å²) in [4.78, 5) is 25.0. The molecular weight excluding hydrogens is 340 g/mol. The Kier molecular flexibility index (Phi) is 5.41. The first-order chi connectivity index (χ1) is 13.2. The summed E-state index contributed by atoms with van der Waals surface area (Å²) in [6.07, 6.45) is 8.79. The van der Waals surface area contributed by atoms with E-state index in [4.69, 9.17) is 0 Å². The highest BCUT2D eigenvalue weighted by molar-refractivity contribution is 5.76. The molecule has 0 bridgehead atoms. The van der Waals surface area contributed by atoms with Gasteiger partial charge in [-0.1, -0.05) is 49.6 Å². The van der Waals surface area contributed by atoms with Gasteiger partial charge in [0.2, 0.25) is 5.91 Å². The lowest BCUT2D eigenvalue weighted by Gasteiger charge is -2.20. The molecule has 1 heterocycles. The second-order valence-corrected chi connectivity index (χ2v) is 7.85. The Labute approximate surface area is 159 Å². The van der Waals surface area contributed by atoms with Crippen LogP contribution in [0, 0.1) is 5.92 Å². The summed E-state index contributed by atoms with van der Waals surface area (Å²) in [7, 11) is 0. The highest BCUT2D eigenvalue weighted by atomic mass is 16.2. The summed E-state index contributed by atoms with van der Waals surface area (Å²) in [5, 5.41) is 7.54. The van der Waals surface area contributed by atoms with E-state index < -0.39 is 0 Å². The summed E-state index contributed by atoms with van der Waals surface area (Å²) >= 11 is 0. The molecule has 0 saturated heterocycles. The smallest absolute Gasteiger partial charge is 0.346 e. The molecule has 4 rings (SSSR count). The van der Waals surface area contributed by atoms with Gasteiger partial charge in [-0.2, -0.15) is 0 Å². The van der Waals surface area contributed by atoms with Gasteiger partial charge in [0.15, 0.2) is 5.82 Å². The van der Waals surface area contributed by atoms with Crippen molar-refractivity contribution >= 4 is 5.91 Å². The molecule has 1 amide bonds. The minimum atomic E-state index is -0.0714. The first-order valence-electron chi connectivity index (χ1n) is 10.2. The van der Waals surface area contributed by atoms with Crippen molar-refractivity contribution < 1.29 is 4.79 Å². The maximum Gasteiger partial charge on any atom is 0.346 e. The molecule has 2 aliphatic rings. The summed E-state index contributed by atoms with van der Waals surface area (Å²) in [6, 6.07) is 10.1. The highest BCUT2D eigenvalue weighted by Crippen LogP contribution is 2.36. The van der Waals surface area contributed by atoms with E-state index in [1.165, 1.54) is 36.8 Å². The van der Waals surface area contributed by atoms with Gasteiger partial charge < -0.3 is 5.32 Å². The Hall–Kier alpha value is -2.37. The molecule has 6 nitrogen and oxygen atoms in total. The molecule has 1 aromatic heterocycles. The summed E-state index contributed by atoms with van der Waals surface area (Å²) < 4.78 is 3.32. The zero-order valence-corrected chi connectivity index (χ0v) is 15.8. The first kappa shape index (κ1) is 18.0. The van der Waals surface area contributed by atoms with Crippen LogP contribution in [0.2, 0.25) is 0 Å². The van der Waals surface area contributed by atoms with E-state index in [0.29, 0.717) is 25.4 Å². The molecule has 0 unspecified atom stereocenters. The SMILES string of the molecule is O=C(CC1CCCCC1)NCCn1nc(-c2ccccc2)n(C2CC2)c1=O. The monoisotopic (exact) mass is 368 g/mol. The molecule has 2 saturated carbocycles. The van der Waals surface area contributed by atoms with Gasteiger partial charge >= 0.3 is 5.69 Å². The molecule has 0 aliphatic heterocycles. The molecule has 2 aromatic rings. The van der Waals surface area contributed by atoms with Crippen molar-refractivity contribution in [3.05, 3.63) is 40.8 Å². The molecule has 1 aromatic carbocycles. The fourth-order valence-corrected chi connectivity index (χ4v) is 4.04. The van der Waals surface area contributed by atoms with Crippen LogP contribution < -0.4 is 11.0 Å². The van der Waals surface area contributed by atoms with Gasteiger partial charge in [-0.15, -0.1) is 5.10 Å². The average molecular weight is 368 g/mol. The van der Waals surface area contributed by atoms with Crippen LogP contribution in [0.15, 0.2) is 35.1 Å². The lowest BCUT2D eigenvalue weighted by molar-refractivity contribution is -0.122. The van der Waals surface area contributed by atoms with E-state index in [0.717, 1.165) is 24.2 Å². The molecule has 6 heteroatoms. The largest absolute Gasteiger partial charge is 0.354 e. The number of hydrogen-bond donors (Lipinski definition) is 1. The average Bonchev–Trinajstić information content (AvgIpc) is 3.47. The van der Waals surface area contributed by atoms with E-state index in [-0.39, 0.29) is 17.6 Å². The Morgan fingerprint density at radius 3 is 2.52 bits per heavy atom. The van der Waals surface area contributed by atoms with Gasteiger partial charge in [0.1, 0.15) is 0 Å². The molecule has 2 aliphatic carbocycles. The van der Waals surface area contributed by atoms with Crippen LogP contribution in [0.4, 0.5) is 0 Å². The van der Waals surface area contributed by atoms with Crippen molar-refractivity contribution in [2.45, 2.75) is 64.0 Å². The van der Waals surface area contributed by atoms with Crippen molar-refractivity contribution in [3.8, 4) is 11.4 Å². The summed E-state index contributed by atoms with van der Waals surface area (Å²) in [6.45, 7) is 0.857. The number of carbonyl (C=O) groups is 1. The van der Waals surface area contributed by atoms with Crippen LogP contribution >= 0.6 is 0 Å². The van der Waals surface area contributed by atoms with Crippen LogP contribution in [-0.2, 0) is 11.3 Å². The van der Waals surface area contributed by atoms with E-state index in [9.17, 15) is 9.59 Å². The van der Waals surface area contributed by atoms with Crippen molar-refractivity contribution in [3.63, 3.8) is 0 Å².